The van der Waals surface area contributed by atoms with Gasteiger partial charge in [-0.3, -0.25) is 9.69 Å². The summed E-state index contributed by atoms with van der Waals surface area (Å²) < 4.78 is 0. The highest BCUT2D eigenvalue weighted by molar-refractivity contribution is 5.98. The van der Waals surface area contributed by atoms with E-state index in [1.807, 2.05) is 36.4 Å². The van der Waals surface area contributed by atoms with Crippen LogP contribution < -0.4 is 21.7 Å². The minimum absolute atomic E-state index is 0.353. The van der Waals surface area contributed by atoms with Crippen molar-refractivity contribution in [1.29, 1.82) is 0 Å². The van der Waals surface area contributed by atoms with Crippen molar-refractivity contribution >= 4 is 23.0 Å². The van der Waals surface area contributed by atoms with Crippen LogP contribution >= 0.6 is 0 Å². The van der Waals surface area contributed by atoms with Crippen molar-refractivity contribution < 1.29 is 4.79 Å². The minimum Gasteiger partial charge on any atom is -0.397 e. The predicted molar refractivity (Wildman–Crippen MR) is 108 cm³/mol. The van der Waals surface area contributed by atoms with Crippen LogP contribution in [0.2, 0.25) is 0 Å². The molecule has 1 heterocycles. The molecule has 6 heteroatoms. The van der Waals surface area contributed by atoms with Crippen molar-refractivity contribution in [3.05, 3.63) is 54.1 Å². The maximum Gasteiger partial charge on any atom is 0.250 e. The summed E-state index contributed by atoms with van der Waals surface area (Å²) in [4.78, 5) is 16.3. The number of carbonyl (C=O) groups excluding carboxylic acids is 1. The molecule has 1 unspecified atom stereocenters. The van der Waals surface area contributed by atoms with Crippen molar-refractivity contribution in [2.75, 3.05) is 48.7 Å². The number of benzene rings is 2. The number of rotatable bonds is 6. The molecule has 3 rings (SSSR count). The van der Waals surface area contributed by atoms with E-state index in [4.69, 9.17) is 11.5 Å². The van der Waals surface area contributed by atoms with Crippen LogP contribution in [0.25, 0.3) is 0 Å². The third kappa shape index (κ3) is 4.08. The largest absolute Gasteiger partial charge is 0.397 e. The van der Waals surface area contributed by atoms with Crippen molar-refractivity contribution in [1.82, 2.24) is 4.90 Å². The smallest absolute Gasteiger partial charge is 0.250 e. The molecule has 1 aliphatic heterocycles. The van der Waals surface area contributed by atoms with E-state index in [9.17, 15) is 4.79 Å². The number of anilines is 3. The normalized spacial score (nSPS) is 16.3. The Labute approximate surface area is 154 Å². The molecule has 2 aromatic carbocycles. The fraction of sp³-hybridized carbons (Fsp3) is 0.350. The van der Waals surface area contributed by atoms with Crippen LogP contribution in [-0.2, 0) is 0 Å². The van der Waals surface area contributed by atoms with Crippen molar-refractivity contribution in [3.8, 4) is 0 Å². The van der Waals surface area contributed by atoms with E-state index in [-0.39, 0.29) is 0 Å². The fourth-order valence-electron chi connectivity index (χ4n) is 3.42. The molecule has 0 spiro atoms. The third-order valence-corrected chi connectivity index (χ3v) is 5.00. The van der Waals surface area contributed by atoms with Gasteiger partial charge < -0.3 is 21.7 Å². The van der Waals surface area contributed by atoms with Crippen LogP contribution in [-0.4, -0.2) is 49.6 Å². The molecule has 26 heavy (non-hydrogen) atoms. The first-order valence-electron chi connectivity index (χ1n) is 9.02. The lowest BCUT2D eigenvalue weighted by Crippen LogP contribution is -2.51. The monoisotopic (exact) mass is 353 g/mol. The number of piperazine rings is 1. The van der Waals surface area contributed by atoms with Gasteiger partial charge in [0.1, 0.15) is 0 Å². The average molecular weight is 353 g/mol. The van der Waals surface area contributed by atoms with Crippen LogP contribution in [0.15, 0.2) is 48.5 Å². The number of hydrogen-bond donors (Lipinski definition) is 3. The summed E-state index contributed by atoms with van der Waals surface area (Å²) in [5, 5.41) is 3.37. The Bertz CT molecular complexity index is 755. The molecule has 1 amide bonds. The van der Waals surface area contributed by atoms with Crippen LogP contribution in [0.4, 0.5) is 17.1 Å². The number of nitrogen functional groups attached to an aromatic ring is 1. The van der Waals surface area contributed by atoms with Crippen molar-refractivity contribution in [2.45, 2.75) is 13.0 Å². The van der Waals surface area contributed by atoms with Crippen molar-refractivity contribution in [2.24, 2.45) is 5.73 Å². The first kappa shape index (κ1) is 18.1. The molecule has 0 aromatic heterocycles. The lowest BCUT2D eigenvalue weighted by atomic mass is 10.1. The van der Waals surface area contributed by atoms with Gasteiger partial charge in [-0.15, -0.1) is 0 Å². The number of hydrogen-bond acceptors (Lipinski definition) is 5. The Morgan fingerprint density at radius 2 is 1.73 bits per heavy atom. The van der Waals surface area contributed by atoms with E-state index in [1.165, 1.54) is 0 Å². The molecule has 2 aromatic rings. The maximum atomic E-state index is 11.5. The lowest BCUT2D eigenvalue weighted by molar-refractivity contribution is 0.100. The standard InChI is InChI=1S/C20H27N5O/c1-15(14-23-18-8-4-2-6-16(18)20(22)26)24-10-12-25(13-11-24)19-9-5-3-7-17(19)21/h2-9,15,23H,10-14,21H2,1H3,(H2,22,26). The van der Waals surface area contributed by atoms with Crippen LogP contribution in [0.3, 0.4) is 0 Å². The number of primary amides is 1. The SMILES string of the molecule is CC(CNc1ccccc1C(N)=O)N1CCN(c2ccccc2N)CC1. The second kappa shape index (κ2) is 8.10. The zero-order valence-electron chi connectivity index (χ0n) is 15.2. The van der Waals surface area contributed by atoms with Crippen LogP contribution in [0.5, 0.6) is 0 Å². The second-order valence-corrected chi connectivity index (χ2v) is 6.72. The second-order valence-electron chi connectivity index (χ2n) is 6.72. The van der Waals surface area contributed by atoms with Crippen molar-refractivity contribution in [3.63, 3.8) is 0 Å². The molecule has 138 valence electrons. The predicted octanol–water partition coefficient (Wildman–Crippen LogP) is 1.99. The van der Waals surface area contributed by atoms with Gasteiger partial charge in [-0.05, 0) is 31.2 Å². The Morgan fingerprint density at radius 3 is 2.42 bits per heavy atom. The Hall–Kier alpha value is -2.73. The van der Waals surface area contributed by atoms with Gasteiger partial charge in [0.25, 0.3) is 5.91 Å². The molecular formula is C20H27N5O. The lowest BCUT2D eigenvalue weighted by Gasteiger charge is -2.39. The first-order chi connectivity index (χ1) is 12.6. The highest BCUT2D eigenvalue weighted by Gasteiger charge is 2.22. The van der Waals surface area contributed by atoms with Gasteiger partial charge in [-0.1, -0.05) is 24.3 Å². The van der Waals surface area contributed by atoms with Crippen LogP contribution in [0, 0.1) is 0 Å². The Balaban J connectivity index is 1.54. The summed E-state index contributed by atoms with van der Waals surface area (Å²) in [6.07, 6.45) is 0. The van der Waals surface area contributed by atoms with E-state index in [0.717, 1.165) is 49.8 Å². The van der Waals surface area contributed by atoms with Gasteiger partial charge in [0.15, 0.2) is 0 Å². The summed E-state index contributed by atoms with van der Waals surface area (Å²) in [5.41, 5.74) is 14.8. The molecule has 0 radical (unpaired) electrons. The van der Waals surface area contributed by atoms with E-state index in [2.05, 4.69) is 28.1 Å². The van der Waals surface area contributed by atoms with Gasteiger partial charge >= 0.3 is 0 Å². The molecule has 1 atom stereocenters. The summed E-state index contributed by atoms with van der Waals surface area (Å²) >= 11 is 0. The molecule has 5 N–H and O–H groups in total. The number of nitrogens with two attached hydrogens (primary N) is 2. The maximum absolute atomic E-state index is 11.5. The molecular weight excluding hydrogens is 326 g/mol. The van der Waals surface area contributed by atoms with Gasteiger partial charge in [0, 0.05) is 44.5 Å². The number of carbonyl (C=O) groups is 1. The first-order valence-corrected chi connectivity index (χ1v) is 9.02. The number of nitrogens with one attached hydrogen (secondary N) is 1. The Morgan fingerprint density at radius 1 is 1.08 bits per heavy atom. The average Bonchev–Trinajstić information content (AvgIpc) is 2.67. The summed E-state index contributed by atoms with van der Waals surface area (Å²) in [5.74, 6) is -0.408. The Kier molecular flexibility index (Phi) is 5.63. The van der Waals surface area contributed by atoms with E-state index < -0.39 is 5.91 Å². The van der Waals surface area contributed by atoms with E-state index in [0.29, 0.717) is 11.6 Å². The zero-order chi connectivity index (χ0) is 18.5. The topological polar surface area (TPSA) is 87.6 Å². The molecule has 1 aliphatic rings. The zero-order valence-corrected chi connectivity index (χ0v) is 15.2. The quantitative estimate of drug-likeness (QED) is 0.691. The van der Waals surface area contributed by atoms with Gasteiger partial charge in [-0.2, -0.15) is 0 Å². The molecule has 0 aliphatic carbocycles. The third-order valence-electron chi connectivity index (χ3n) is 5.00. The minimum atomic E-state index is -0.408. The van der Waals surface area contributed by atoms with E-state index >= 15 is 0 Å². The number of nitrogens with zero attached hydrogens (tertiary/aromatic N) is 2. The molecule has 1 fully saturated rings. The summed E-state index contributed by atoms with van der Waals surface area (Å²) in [6.45, 7) is 6.83. The molecule has 6 nitrogen and oxygen atoms in total. The van der Waals surface area contributed by atoms with E-state index in [1.54, 1.807) is 6.07 Å². The van der Waals surface area contributed by atoms with Crippen LogP contribution in [0.1, 0.15) is 17.3 Å². The number of amides is 1. The highest BCUT2D eigenvalue weighted by atomic mass is 16.1. The van der Waals surface area contributed by atoms with Gasteiger partial charge in [0.2, 0.25) is 0 Å². The molecule has 1 saturated heterocycles. The molecule has 0 saturated carbocycles. The summed E-state index contributed by atoms with van der Waals surface area (Å²) in [7, 11) is 0. The molecule has 0 bridgehead atoms. The summed E-state index contributed by atoms with van der Waals surface area (Å²) in [6, 6.07) is 15.7. The van der Waals surface area contributed by atoms with Gasteiger partial charge in [-0.25, -0.2) is 0 Å². The highest BCUT2D eigenvalue weighted by Crippen LogP contribution is 2.24. The van der Waals surface area contributed by atoms with Gasteiger partial charge in [0.05, 0.1) is 16.9 Å². The number of para-hydroxylation sites is 3. The fourth-order valence-corrected chi connectivity index (χ4v) is 3.42.